The highest BCUT2D eigenvalue weighted by Crippen LogP contribution is 2.26. The highest BCUT2D eigenvalue weighted by Gasteiger charge is 2.14. The first kappa shape index (κ1) is 15.0. The van der Waals surface area contributed by atoms with Crippen LogP contribution in [0.4, 0.5) is 4.39 Å². The smallest absolute Gasteiger partial charge is 0.124 e. The third-order valence-electron chi connectivity index (χ3n) is 3.51. The SMILES string of the molecule is Cc1ccc(C(C)NC(C)c2ccc(F)cc2Cl)cc1. The molecule has 0 aliphatic heterocycles. The summed E-state index contributed by atoms with van der Waals surface area (Å²) in [5.74, 6) is -0.308. The summed E-state index contributed by atoms with van der Waals surface area (Å²) in [6.07, 6.45) is 0. The van der Waals surface area contributed by atoms with E-state index in [0.29, 0.717) is 5.02 Å². The van der Waals surface area contributed by atoms with Crippen molar-refractivity contribution in [2.24, 2.45) is 0 Å². The maximum absolute atomic E-state index is 13.1. The van der Waals surface area contributed by atoms with Crippen LogP contribution in [0.3, 0.4) is 0 Å². The van der Waals surface area contributed by atoms with Crippen LogP contribution < -0.4 is 5.32 Å². The minimum atomic E-state index is -0.308. The molecule has 2 atom stereocenters. The number of hydrogen-bond acceptors (Lipinski definition) is 1. The van der Waals surface area contributed by atoms with Gasteiger partial charge in [-0.2, -0.15) is 0 Å². The Kier molecular flexibility index (Phi) is 4.79. The molecule has 2 aromatic rings. The summed E-state index contributed by atoms with van der Waals surface area (Å²) < 4.78 is 13.1. The molecular weight excluding hydrogens is 273 g/mol. The van der Waals surface area contributed by atoms with Crippen molar-refractivity contribution in [3.05, 3.63) is 70.0 Å². The lowest BCUT2D eigenvalue weighted by Gasteiger charge is -2.21. The van der Waals surface area contributed by atoms with Crippen molar-refractivity contribution in [2.75, 3.05) is 0 Å². The molecule has 0 saturated carbocycles. The number of aryl methyl sites for hydroxylation is 1. The molecule has 0 heterocycles. The van der Waals surface area contributed by atoms with E-state index < -0.39 is 0 Å². The Morgan fingerprint density at radius 3 is 2.25 bits per heavy atom. The van der Waals surface area contributed by atoms with Crippen molar-refractivity contribution in [3.63, 3.8) is 0 Å². The van der Waals surface area contributed by atoms with Gasteiger partial charge >= 0.3 is 0 Å². The minimum Gasteiger partial charge on any atom is -0.304 e. The summed E-state index contributed by atoms with van der Waals surface area (Å²) >= 11 is 6.09. The van der Waals surface area contributed by atoms with E-state index in [1.807, 2.05) is 6.92 Å². The normalized spacial score (nSPS) is 14.1. The molecule has 0 aliphatic rings. The van der Waals surface area contributed by atoms with Crippen LogP contribution in [0, 0.1) is 12.7 Å². The third-order valence-corrected chi connectivity index (χ3v) is 3.83. The van der Waals surface area contributed by atoms with E-state index in [1.165, 1.54) is 23.3 Å². The van der Waals surface area contributed by atoms with Crippen LogP contribution in [0.5, 0.6) is 0 Å². The Morgan fingerprint density at radius 1 is 1.00 bits per heavy atom. The number of halogens is 2. The molecule has 106 valence electrons. The maximum Gasteiger partial charge on any atom is 0.124 e. The van der Waals surface area contributed by atoms with Crippen LogP contribution in [-0.2, 0) is 0 Å². The third kappa shape index (κ3) is 3.59. The fourth-order valence-corrected chi connectivity index (χ4v) is 2.60. The van der Waals surface area contributed by atoms with E-state index in [9.17, 15) is 4.39 Å². The molecule has 20 heavy (non-hydrogen) atoms. The first-order valence-electron chi connectivity index (χ1n) is 6.75. The fourth-order valence-electron chi connectivity index (χ4n) is 2.27. The van der Waals surface area contributed by atoms with Crippen molar-refractivity contribution in [1.82, 2.24) is 5.32 Å². The van der Waals surface area contributed by atoms with Gasteiger partial charge < -0.3 is 5.32 Å². The zero-order valence-corrected chi connectivity index (χ0v) is 12.7. The first-order valence-corrected chi connectivity index (χ1v) is 7.12. The molecular formula is C17H19ClFN. The molecule has 0 bridgehead atoms. The van der Waals surface area contributed by atoms with E-state index in [2.05, 4.69) is 43.4 Å². The van der Waals surface area contributed by atoms with Gasteiger partial charge in [0, 0.05) is 17.1 Å². The molecule has 0 aromatic heterocycles. The van der Waals surface area contributed by atoms with Crippen LogP contribution in [0.25, 0.3) is 0 Å². The van der Waals surface area contributed by atoms with Crippen molar-refractivity contribution >= 4 is 11.6 Å². The van der Waals surface area contributed by atoms with Crippen LogP contribution in [0.1, 0.15) is 42.6 Å². The largest absolute Gasteiger partial charge is 0.304 e. The van der Waals surface area contributed by atoms with Gasteiger partial charge in [0.25, 0.3) is 0 Å². The van der Waals surface area contributed by atoms with Gasteiger partial charge in [-0.1, -0.05) is 47.5 Å². The Morgan fingerprint density at radius 2 is 1.65 bits per heavy atom. The van der Waals surface area contributed by atoms with E-state index in [0.717, 1.165) is 5.56 Å². The number of rotatable bonds is 4. The molecule has 0 spiro atoms. The average Bonchev–Trinajstić information content (AvgIpc) is 2.39. The fraction of sp³-hybridized carbons (Fsp3) is 0.294. The maximum atomic E-state index is 13.1. The summed E-state index contributed by atoms with van der Waals surface area (Å²) in [6, 6.07) is 13.2. The molecule has 0 fully saturated rings. The minimum absolute atomic E-state index is 0.0550. The van der Waals surface area contributed by atoms with Gasteiger partial charge in [-0.15, -0.1) is 0 Å². The topological polar surface area (TPSA) is 12.0 Å². The molecule has 1 N–H and O–H groups in total. The predicted molar refractivity (Wildman–Crippen MR) is 82.6 cm³/mol. The van der Waals surface area contributed by atoms with Crippen LogP contribution in [0.2, 0.25) is 5.02 Å². The molecule has 2 rings (SSSR count). The molecule has 0 radical (unpaired) electrons. The molecule has 3 heteroatoms. The van der Waals surface area contributed by atoms with Gasteiger partial charge in [-0.25, -0.2) is 4.39 Å². The van der Waals surface area contributed by atoms with Crippen LogP contribution >= 0.6 is 11.6 Å². The second-order valence-electron chi connectivity index (χ2n) is 5.19. The Labute approximate surface area is 124 Å². The second kappa shape index (κ2) is 6.38. The van der Waals surface area contributed by atoms with E-state index >= 15 is 0 Å². The number of nitrogens with one attached hydrogen (secondary N) is 1. The standard InChI is InChI=1S/C17H19ClFN/c1-11-4-6-14(7-5-11)12(2)20-13(3)16-9-8-15(19)10-17(16)18/h4-10,12-13,20H,1-3H3. The summed E-state index contributed by atoms with van der Waals surface area (Å²) in [5.41, 5.74) is 3.38. The van der Waals surface area contributed by atoms with Crippen molar-refractivity contribution in [2.45, 2.75) is 32.9 Å². The summed E-state index contributed by atoms with van der Waals surface area (Å²) in [4.78, 5) is 0. The van der Waals surface area contributed by atoms with Crippen LogP contribution in [-0.4, -0.2) is 0 Å². The van der Waals surface area contributed by atoms with Crippen molar-refractivity contribution in [1.29, 1.82) is 0 Å². The highest BCUT2D eigenvalue weighted by molar-refractivity contribution is 6.31. The lowest BCUT2D eigenvalue weighted by atomic mass is 10.0. The van der Waals surface area contributed by atoms with Gasteiger partial charge in [0.1, 0.15) is 5.82 Å². The monoisotopic (exact) mass is 291 g/mol. The molecule has 2 aromatic carbocycles. The van der Waals surface area contributed by atoms with E-state index in [-0.39, 0.29) is 17.9 Å². The van der Waals surface area contributed by atoms with Gasteiger partial charge in [0.15, 0.2) is 0 Å². The molecule has 0 saturated heterocycles. The van der Waals surface area contributed by atoms with Crippen molar-refractivity contribution < 1.29 is 4.39 Å². The summed E-state index contributed by atoms with van der Waals surface area (Å²) in [7, 11) is 0. The quantitative estimate of drug-likeness (QED) is 0.816. The molecule has 0 aliphatic carbocycles. The van der Waals surface area contributed by atoms with Crippen molar-refractivity contribution in [3.8, 4) is 0 Å². The Balaban J connectivity index is 2.10. The number of hydrogen-bond donors (Lipinski definition) is 1. The molecule has 2 unspecified atom stereocenters. The Hall–Kier alpha value is -1.38. The summed E-state index contributed by atoms with van der Waals surface area (Å²) in [5, 5.41) is 3.94. The van der Waals surface area contributed by atoms with Gasteiger partial charge in [-0.05, 0) is 44.0 Å². The van der Waals surface area contributed by atoms with Crippen LogP contribution in [0.15, 0.2) is 42.5 Å². The molecule has 0 amide bonds. The zero-order chi connectivity index (χ0) is 14.7. The lowest BCUT2D eigenvalue weighted by Crippen LogP contribution is -2.22. The highest BCUT2D eigenvalue weighted by atomic mass is 35.5. The van der Waals surface area contributed by atoms with Gasteiger partial charge in [-0.3, -0.25) is 0 Å². The lowest BCUT2D eigenvalue weighted by molar-refractivity contribution is 0.494. The van der Waals surface area contributed by atoms with Gasteiger partial charge in [0.2, 0.25) is 0 Å². The average molecular weight is 292 g/mol. The number of benzene rings is 2. The molecule has 1 nitrogen and oxygen atoms in total. The van der Waals surface area contributed by atoms with E-state index in [1.54, 1.807) is 6.07 Å². The second-order valence-corrected chi connectivity index (χ2v) is 5.59. The predicted octanol–water partition coefficient (Wildman–Crippen LogP) is 5.20. The zero-order valence-electron chi connectivity index (χ0n) is 12.0. The van der Waals surface area contributed by atoms with E-state index in [4.69, 9.17) is 11.6 Å². The van der Waals surface area contributed by atoms with Gasteiger partial charge in [0.05, 0.1) is 0 Å². The first-order chi connectivity index (χ1) is 9.47. The summed E-state index contributed by atoms with van der Waals surface area (Å²) in [6.45, 7) is 6.21. The Bertz CT molecular complexity index is 580.